The SMILES string of the molecule is CN1CC[C@@H](Nc2cccn3c(SC(F)(F)F)c(C#CCNc4ccc(P(C)(C)=O)cc4C(F)F)nc23)[C@@H](F)C1. The lowest BCUT2D eigenvalue weighted by Crippen LogP contribution is -2.46. The third kappa shape index (κ3) is 7.28. The summed E-state index contributed by atoms with van der Waals surface area (Å²) in [7, 11) is -0.942. The van der Waals surface area contributed by atoms with E-state index in [9.17, 15) is 30.9 Å². The van der Waals surface area contributed by atoms with Gasteiger partial charge in [-0.3, -0.25) is 4.40 Å². The van der Waals surface area contributed by atoms with Gasteiger partial charge in [-0.2, -0.15) is 13.2 Å². The average Bonchev–Trinajstić information content (AvgIpc) is 3.19. The number of imidazole rings is 1. The first-order chi connectivity index (χ1) is 18.7. The summed E-state index contributed by atoms with van der Waals surface area (Å²) in [4.78, 5) is 6.19. The normalized spacial score (nSPS) is 18.6. The molecule has 3 aromatic rings. The van der Waals surface area contributed by atoms with Crippen LogP contribution in [-0.2, 0) is 4.57 Å². The molecular weight excluding hydrogens is 575 g/mol. The lowest BCUT2D eigenvalue weighted by atomic mass is 10.0. The fraction of sp³-hybridized carbons (Fsp3) is 0.423. The molecular formula is C26H28F6N5OPS. The lowest BCUT2D eigenvalue weighted by molar-refractivity contribution is -0.0330. The number of nitrogens with zero attached hydrogens (tertiary/aromatic N) is 3. The van der Waals surface area contributed by atoms with Crippen molar-refractivity contribution in [3.63, 3.8) is 0 Å². The third-order valence-electron chi connectivity index (χ3n) is 6.37. The van der Waals surface area contributed by atoms with Crippen molar-refractivity contribution < 1.29 is 30.9 Å². The van der Waals surface area contributed by atoms with Crippen molar-refractivity contribution in [3.05, 3.63) is 47.8 Å². The molecule has 4 rings (SSSR count). The van der Waals surface area contributed by atoms with Crippen LogP contribution in [0, 0.1) is 11.8 Å². The zero-order chi connectivity index (χ0) is 29.2. The molecule has 0 radical (unpaired) electrons. The third-order valence-corrected chi connectivity index (χ3v) is 8.71. The minimum atomic E-state index is -4.63. The second-order valence-electron chi connectivity index (χ2n) is 9.83. The van der Waals surface area contributed by atoms with E-state index in [1.807, 2.05) is 11.9 Å². The van der Waals surface area contributed by atoms with E-state index in [0.717, 1.165) is 0 Å². The van der Waals surface area contributed by atoms with Crippen LogP contribution >= 0.6 is 18.9 Å². The van der Waals surface area contributed by atoms with E-state index in [-0.39, 0.29) is 52.5 Å². The Kier molecular flexibility index (Phi) is 9.02. The summed E-state index contributed by atoms with van der Waals surface area (Å²) in [5, 5.41) is 5.89. The van der Waals surface area contributed by atoms with Gasteiger partial charge in [0.2, 0.25) is 0 Å². The first-order valence-electron chi connectivity index (χ1n) is 12.3. The van der Waals surface area contributed by atoms with Gasteiger partial charge in [0.05, 0.1) is 18.3 Å². The van der Waals surface area contributed by atoms with Crippen molar-refractivity contribution in [2.24, 2.45) is 0 Å². The molecule has 0 unspecified atom stereocenters. The van der Waals surface area contributed by atoms with Crippen LogP contribution in [0.5, 0.6) is 0 Å². The number of anilines is 2. The number of fused-ring (bicyclic) bond motifs is 1. The van der Waals surface area contributed by atoms with Gasteiger partial charge in [-0.25, -0.2) is 18.2 Å². The molecule has 14 heteroatoms. The van der Waals surface area contributed by atoms with Crippen molar-refractivity contribution in [1.29, 1.82) is 0 Å². The molecule has 1 fully saturated rings. The Bertz CT molecular complexity index is 1480. The zero-order valence-electron chi connectivity index (χ0n) is 21.9. The van der Waals surface area contributed by atoms with E-state index < -0.39 is 31.3 Å². The standard InChI is InChI=1S/C26H28F6N5OPS/c1-36-13-10-20(18(27)15-36)34-21-7-5-12-37-24(21)35-22(25(37)40-26(30,31)32)6-4-11-33-19-9-8-16(39(2,3)38)14-17(19)23(28)29/h5,7-9,12,14,18,20,23,33-34H,10-11,13,15H2,1-3H3/t18-,20+/m0/s1. The second-order valence-corrected chi connectivity index (χ2v) is 14.1. The molecule has 40 heavy (non-hydrogen) atoms. The predicted octanol–water partition coefficient (Wildman–Crippen LogP) is 6.05. The quantitative estimate of drug-likeness (QED) is 0.149. The van der Waals surface area contributed by atoms with Crippen LogP contribution in [0.2, 0.25) is 0 Å². The molecule has 1 aromatic carbocycles. The summed E-state index contributed by atoms with van der Waals surface area (Å²) in [5.74, 6) is 5.28. The van der Waals surface area contributed by atoms with Gasteiger partial charge in [-0.15, -0.1) is 0 Å². The van der Waals surface area contributed by atoms with Crippen LogP contribution in [-0.4, -0.2) is 72.0 Å². The summed E-state index contributed by atoms with van der Waals surface area (Å²) in [6, 6.07) is 6.69. The van der Waals surface area contributed by atoms with Crippen molar-refractivity contribution in [2.75, 3.05) is 50.6 Å². The number of hydrogen-bond donors (Lipinski definition) is 2. The van der Waals surface area contributed by atoms with E-state index in [1.54, 1.807) is 12.1 Å². The number of benzene rings is 1. The Morgan fingerprint density at radius 3 is 2.62 bits per heavy atom. The summed E-state index contributed by atoms with van der Waals surface area (Å²) < 4.78 is 95.7. The first kappa shape index (κ1) is 30.2. The Morgan fingerprint density at radius 2 is 1.98 bits per heavy atom. The van der Waals surface area contributed by atoms with Gasteiger partial charge < -0.3 is 20.1 Å². The smallest absolute Gasteiger partial charge is 0.376 e. The van der Waals surface area contributed by atoms with Crippen molar-refractivity contribution in [3.8, 4) is 11.8 Å². The Hall–Kier alpha value is -2.81. The minimum Gasteiger partial charge on any atom is -0.376 e. The highest BCUT2D eigenvalue weighted by Gasteiger charge is 2.34. The molecule has 2 aromatic heterocycles. The number of aromatic nitrogens is 2. The molecule has 1 aliphatic heterocycles. The van der Waals surface area contributed by atoms with Gasteiger partial charge in [0.25, 0.3) is 6.43 Å². The highest BCUT2D eigenvalue weighted by molar-refractivity contribution is 8.00. The Labute approximate surface area is 232 Å². The number of hydrogen-bond acceptors (Lipinski definition) is 6. The summed E-state index contributed by atoms with van der Waals surface area (Å²) in [6.07, 6.45) is -2.08. The van der Waals surface area contributed by atoms with E-state index in [4.69, 9.17) is 0 Å². The topological polar surface area (TPSA) is 61.7 Å². The van der Waals surface area contributed by atoms with Gasteiger partial charge in [-0.1, -0.05) is 5.92 Å². The van der Waals surface area contributed by atoms with Crippen LogP contribution in [0.4, 0.5) is 37.7 Å². The van der Waals surface area contributed by atoms with Crippen LogP contribution in [0.1, 0.15) is 24.1 Å². The maximum atomic E-state index is 14.6. The minimum absolute atomic E-state index is 0.0757. The largest absolute Gasteiger partial charge is 0.447 e. The fourth-order valence-electron chi connectivity index (χ4n) is 4.36. The molecule has 2 atom stereocenters. The maximum Gasteiger partial charge on any atom is 0.447 e. The van der Waals surface area contributed by atoms with E-state index >= 15 is 0 Å². The molecule has 1 saturated heterocycles. The predicted molar refractivity (Wildman–Crippen MR) is 147 cm³/mol. The zero-order valence-corrected chi connectivity index (χ0v) is 23.6. The number of alkyl halides is 6. The van der Waals surface area contributed by atoms with Gasteiger partial charge in [0.15, 0.2) is 5.65 Å². The van der Waals surface area contributed by atoms with Crippen LogP contribution in [0.25, 0.3) is 5.65 Å². The lowest BCUT2D eigenvalue weighted by Gasteiger charge is -2.33. The summed E-state index contributed by atoms with van der Waals surface area (Å²) >= 11 is -0.373. The summed E-state index contributed by atoms with van der Waals surface area (Å²) in [5.41, 5.74) is -4.51. The van der Waals surface area contributed by atoms with Crippen LogP contribution in [0.15, 0.2) is 41.6 Å². The Morgan fingerprint density at radius 1 is 1.23 bits per heavy atom. The number of thioether (sulfide) groups is 1. The summed E-state index contributed by atoms with van der Waals surface area (Å²) in [6.45, 7) is 3.70. The molecule has 0 aliphatic carbocycles. The van der Waals surface area contributed by atoms with E-state index in [2.05, 4.69) is 27.5 Å². The number of pyridine rings is 1. The molecule has 216 valence electrons. The molecule has 6 nitrogen and oxygen atoms in total. The van der Waals surface area contributed by atoms with Gasteiger partial charge >= 0.3 is 5.51 Å². The van der Waals surface area contributed by atoms with Crippen molar-refractivity contribution in [2.45, 2.75) is 35.6 Å². The number of piperidine rings is 1. The van der Waals surface area contributed by atoms with Crippen molar-refractivity contribution >= 4 is 41.2 Å². The van der Waals surface area contributed by atoms with Crippen molar-refractivity contribution in [1.82, 2.24) is 14.3 Å². The average molecular weight is 604 g/mol. The highest BCUT2D eigenvalue weighted by atomic mass is 32.2. The molecule has 2 N–H and O–H groups in total. The second kappa shape index (κ2) is 12.0. The van der Waals surface area contributed by atoms with Crippen LogP contribution < -0.4 is 15.9 Å². The van der Waals surface area contributed by atoms with Gasteiger partial charge in [0.1, 0.15) is 24.0 Å². The fourth-order valence-corrected chi connectivity index (χ4v) is 5.90. The van der Waals surface area contributed by atoms with Gasteiger partial charge in [0, 0.05) is 47.6 Å². The Balaban J connectivity index is 1.62. The van der Waals surface area contributed by atoms with E-state index in [1.165, 1.54) is 42.1 Å². The number of halogens is 6. The van der Waals surface area contributed by atoms with Crippen LogP contribution in [0.3, 0.4) is 0 Å². The van der Waals surface area contributed by atoms with E-state index in [0.29, 0.717) is 24.0 Å². The molecule has 0 amide bonds. The molecule has 0 spiro atoms. The number of likely N-dealkylation sites (tertiary alicyclic amines) is 1. The first-order valence-corrected chi connectivity index (χ1v) is 15.7. The monoisotopic (exact) mass is 603 g/mol. The molecule has 0 saturated carbocycles. The highest BCUT2D eigenvalue weighted by Crippen LogP contribution is 2.40. The maximum absolute atomic E-state index is 14.6. The number of rotatable bonds is 7. The van der Waals surface area contributed by atoms with Gasteiger partial charge in [-0.05, 0) is 63.1 Å². The molecule has 0 bridgehead atoms. The number of nitrogens with one attached hydrogen (secondary N) is 2. The molecule has 1 aliphatic rings. The molecule has 3 heterocycles.